The number of morpholine rings is 1. The summed E-state index contributed by atoms with van der Waals surface area (Å²) in [5.74, 6) is 0.638. The summed E-state index contributed by atoms with van der Waals surface area (Å²) in [6.45, 7) is 14.2. The van der Waals surface area contributed by atoms with E-state index in [9.17, 15) is 0 Å². The molecule has 0 spiro atoms. The molecule has 0 aliphatic carbocycles. The van der Waals surface area contributed by atoms with Crippen LogP contribution in [0.3, 0.4) is 0 Å². The van der Waals surface area contributed by atoms with Crippen molar-refractivity contribution in [3.8, 4) is 0 Å². The van der Waals surface area contributed by atoms with Gasteiger partial charge in [0.15, 0.2) is 0 Å². The number of hydrogen-bond donors (Lipinski definition) is 1. The Bertz CT molecular complexity index is 183. The van der Waals surface area contributed by atoms with Crippen LogP contribution in [-0.4, -0.2) is 43.0 Å². The van der Waals surface area contributed by atoms with Gasteiger partial charge in [0, 0.05) is 24.9 Å². The van der Waals surface area contributed by atoms with Crippen LogP contribution in [0.2, 0.25) is 0 Å². The summed E-state index contributed by atoms with van der Waals surface area (Å²) in [7, 11) is 0. The molecule has 0 radical (unpaired) electrons. The Morgan fingerprint density at radius 3 is 2.20 bits per heavy atom. The Labute approximate surface area is 99.8 Å². The van der Waals surface area contributed by atoms with E-state index in [4.69, 9.17) is 4.74 Å². The van der Waals surface area contributed by atoms with Gasteiger partial charge in [-0.25, -0.2) is 0 Å². The third-order valence-electron chi connectivity index (χ3n) is 3.25. The highest BCUT2D eigenvalue weighted by Crippen LogP contribution is 2.31. The summed E-state index contributed by atoms with van der Waals surface area (Å²) in [5, 5.41) is 0.452. The Morgan fingerprint density at radius 1 is 1.27 bits per heavy atom. The highest BCUT2D eigenvalue weighted by atomic mass is 32.1. The summed E-state index contributed by atoms with van der Waals surface area (Å²) in [5.41, 5.74) is 0.333. The summed E-state index contributed by atoms with van der Waals surface area (Å²) >= 11 is 4.63. The Balaban J connectivity index is 2.50. The van der Waals surface area contributed by atoms with Crippen molar-refractivity contribution in [2.45, 2.75) is 32.9 Å². The van der Waals surface area contributed by atoms with Gasteiger partial charge in [-0.05, 0) is 11.3 Å². The maximum Gasteiger partial charge on any atom is 0.0594 e. The lowest BCUT2D eigenvalue weighted by molar-refractivity contribution is 0.0205. The molecule has 90 valence electrons. The minimum atomic E-state index is 0.333. The number of nitrogens with zero attached hydrogens (tertiary/aromatic N) is 1. The first-order chi connectivity index (χ1) is 6.91. The molecule has 1 aliphatic heterocycles. The second kappa shape index (κ2) is 5.55. The summed E-state index contributed by atoms with van der Waals surface area (Å²) < 4.78 is 5.37. The van der Waals surface area contributed by atoms with Crippen LogP contribution in [0.15, 0.2) is 0 Å². The van der Waals surface area contributed by atoms with E-state index in [1.54, 1.807) is 0 Å². The lowest BCUT2D eigenvalue weighted by Gasteiger charge is -2.38. The average molecular weight is 231 g/mol. The van der Waals surface area contributed by atoms with Crippen molar-refractivity contribution in [2.24, 2.45) is 11.3 Å². The van der Waals surface area contributed by atoms with Crippen molar-refractivity contribution in [1.82, 2.24) is 4.90 Å². The van der Waals surface area contributed by atoms with Crippen LogP contribution in [0.25, 0.3) is 0 Å². The topological polar surface area (TPSA) is 12.5 Å². The maximum atomic E-state index is 5.37. The van der Waals surface area contributed by atoms with Crippen LogP contribution in [0.4, 0.5) is 0 Å². The molecule has 1 saturated heterocycles. The van der Waals surface area contributed by atoms with Gasteiger partial charge in [-0.2, -0.15) is 12.6 Å². The molecule has 0 aromatic carbocycles. The van der Waals surface area contributed by atoms with Gasteiger partial charge in [0.1, 0.15) is 0 Å². The van der Waals surface area contributed by atoms with Crippen LogP contribution in [-0.2, 0) is 4.74 Å². The largest absolute Gasteiger partial charge is 0.379 e. The van der Waals surface area contributed by atoms with Crippen molar-refractivity contribution >= 4 is 12.6 Å². The van der Waals surface area contributed by atoms with Crippen molar-refractivity contribution in [3.05, 3.63) is 0 Å². The van der Waals surface area contributed by atoms with Gasteiger partial charge < -0.3 is 4.74 Å². The van der Waals surface area contributed by atoms with Crippen molar-refractivity contribution in [3.63, 3.8) is 0 Å². The van der Waals surface area contributed by atoms with Crippen molar-refractivity contribution in [2.75, 3.05) is 32.8 Å². The molecule has 1 fully saturated rings. The lowest BCUT2D eigenvalue weighted by atomic mass is 9.78. The van der Waals surface area contributed by atoms with E-state index in [0.29, 0.717) is 16.6 Å². The smallest absolute Gasteiger partial charge is 0.0594 e. The fourth-order valence-corrected chi connectivity index (χ4v) is 2.75. The Hall–Kier alpha value is 0.270. The molecule has 1 rings (SSSR count). The zero-order valence-corrected chi connectivity index (χ0v) is 11.4. The molecule has 0 N–H and O–H groups in total. The quantitative estimate of drug-likeness (QED) is 0.748. The fraction of sp³-hybridized carbons (Fsp3) is 1.00. The van der Waals surface area contributed by atoms with E-state index in [-0.39, 0.29) is 0 Å². The number of hydrogen-bond acceptors (Lipinski definition) is 3. The molecule has 0 saturated carbocycles. The van der Waals surface area contributed by atoms with Gasteiger partial charge in [0.2, 0.25) is 0 Å². The van der Waals surface area contributed by atoms with Gasteiger partial charge in [-0.15, -0.1) is 0 Å². The molecule has 1 aliphatic rings. The summed E-state index contributed by atoms with van der Waals surface area (Å²) in [6, 6.07) is 0. The van der Waals surface area contributed by atoms with Gasteiger partial charge in [-0.1, -0.05) is 27.7 Å². The Morgan fingerprint density at radius 2 is 1.80 bits per heavy atom. The lowest BCUT2D eigenvalue weighted by Crippen LogP contribution is -2.44. The van der Waals surface area contributed by atoms with Gasteiger partial charge >= 0.3 is 0 Å². The predicted molar refractivity (Wildman–Crippen MR) is 68.7 cm³/mol. The fourth-order valence-electron chi connectivity index (χ4n) is 2.21. The number of thiol groups is 1. The molecular weight excluding hydrogens is 206 g/mol. The third-order valence-corrected chi connectivity index (χ3v) is 3.61. The number of rotatable bonds is 3. The van der Waals surface area contributed by atoms with E-state index in [0.717, 1.165) is 32.8 Å². The summed E-state index contributed by atoms with van der Waals surface area (Å²) in [6.07, 6.45) is 0. The van der Waals surface area contributed by atoms with Crippen LogP contribution in [0, 0.1) is 11.3 Å². The molecule has 1 unspecified atom stereocenters. The molecule has 0 bridgehead atoms. The zero-order chi connectivity index (χ0) is 11.5. The molecule has 0 aromatic heterocycles. The molecule has 1 heterocycles. The van der Waals surface area contributed by atoms with E-state index >= 15 is 0 Å². The van der Waals surface area contributed by atoms with Gasteiger partial charge in [-0.3, -0.25) is 4.90 Å². The van der Waals surface area contributed by atoms with E-state index in [2.05, 4.69) is 45.2 Å². The molecular formula is C12H25NOS. The molecule has 0 amide bonds. The summed E-state index contributed by atoms with van der Waals surface area (Å²) in [4.78, 5) is 2.51. The molecule has 0 aromatic rings. The highest BCUT2D eigenvalue weighted by Gasteiger charge is 2.30. The second-order valence-electron chi connectivity index (χ2n) is 5.63. The van der Waals surface area contributed by atoms with E-state index in [1.807, 2.05) is 0 Å². The molecule has 2 nitrogen and oxygen atoms in total. The zero-order valence-electron chi connectivity index (χ0n) is 10.5. The van der Waals surface area contributed by atoms with Gasteiger partial charge in [0.05, 0.1) is 13.2 Å². The van der Waals surface area contributed by atoms with E-state index < -0.39 is 0 Å². The first-order valence-electron chi connectivity index (χ1n) is 5.89. The molecule has 3 heteroatoms. The van der Waals surface area contributed by atoms with Crippen molar-refractivity contribution < 1.29 is 4.74 Å². The van der Waals surface area contributed by atoms with Crippen molar-refractivity contribution in [1.29, 1.82) is 0 Å². The first kappa shape index (κ1) is 13.3. The molecule has 15 heavy (non-hydrogen) atoms. The minimum Gasteiger partial charge on any atom is -0.379 e. The van der Waals surface area contributed by atoms with Crippen LogP contribution in [0.5, 0.6) is 0 Å². The average Bonchev–Trinajstić information content (AvgIpc) is 2.13. The normalized spacial score (nSPS) is 23.8. The standard InChI is InChI=1S/C12H25NOS/c1-10(15)11(12(2,3)4)9-13-5-7-14-8-6-13/h10-11,15H,5-9H2,1-4H3/t10?,11-/m0/s1. The number of ether oxygens (including phenoxy) is 1. The van der Waals surface area contributed by atoms with Crippen LogP contribution >= 0.6 is 12.6 Å². The maximum absolute atomic E-state index is 5.37. The highest BCUT2D eigenvalue weighted by molar-refractivity contribution is 7.80. The van der Waals surface area contributed by atoms with Gasteiger partial charge in [0.25, 0.3) is 0 Å². The van der Waals surface area contributed by atoms with Crippen LogP contribution < -0.4 is 0 Å². The monoisotopic (exact) mass is 231 g/mol. The van der Waals surface area contributed by atoms with Crippen LogP contribution in [0.1, 0.15) is 27.7 Å². The SMILES string of the molecule is CC(S)[C@H](CN1CCOCC1)C(C)(C)C. The first-order valence-corrected chi connectivity index (χ1v) is 6.41. The Kier molecular flexibility index (Phi) is 4.94. The minimum absolute atomic E-state index is 0.333. The third kappa shape index (κ3) is 4.33. The second-order valence-corrected chi connectivity index (χ2v) is 6.44. The van der Waals surface area contributed by atoms with E-state index in [1.165, 1.54) is 0 Å². The molecule has 2 atom stereocenters. The predicted octanol–water partition coefficient (Wildman–Crippen LogP) is 2.30.